The molecule has 0 saturated carbocycles. The van der Waals surface area contributed by atoms with E-state index in [1.54, 1.807) is 36.6 Å². The maximum atomic E-state index is 13.3. The standard InChI is InChI=1S/C21H24FNO3S/c1-27(25)14-16-3-2-4-17(13-16)20(24)23-15-21(9-11-26-12-10-21)18-5-7-19(22)8-6-18/h2-8,13H,9-12,14-15H2,1H3,(H,23,24). The average Bonchev–Trinajstić information content (AvgIpc) is 2.67. The quantitative estimate of drug-likeness (QED) is 0.826. The first kappa shape index (κ1) is 19.7. The van der Waals surface area contributed by atoms with Crippen LogP contribution in [0.3, 0.4) is 0 Å². The zero-order chi connectivity index (χ0) is 19.3. The van der Waals surface area contributed by atoms with Crippen LogP contribution in [-0.2, 0) is 26.7 Å². The zero-order valence-corrected chi connectivity index (χ0v) is 16.2. The number of ether oxygens (including phenoxy) is 1. The SMILES string of the molecule is CS(=O)Cc1cccc(C(=O)NCC2(c3ccc(F)cc3)CCOCC2)c1. The molecule has 27 heavy (non-hydrogen) atoms. The van der Waals surface area contributed by atoms with E-state index in [-0.39, 0.29) is 17.1 Å². The molecule has 1 fully saturated rings. The van der Waals surface area contributed by atoms with Crippen molar-refractivity contribution in [2.75, 3.05) is 26.0 Å². The van der Waals surface area contributed by atoms with Crippen LogP contribution in [0.15, 0.2) is 48.5 Å². The lowest BCUT2D eigenvalue weighted by molar-refractivity contribution is 0.0487. The van der Waals surface area contributed by atoms with E-state index in [9.17, 15) is 13.4 Å². The van der Waals surface area contributed by atoms with Crippen LogP contribution in [0.5, 0.6) is 0 Å². The number of carbonyl (C=O) groups excluding carboxylic acids is 1. The number of hydrogen-bond acceptors (Lipinski definition) is 3. The van der Waals surface area contributed by atoms with Gasteiger partial charge >= 0.3 is 0 Å². The summed E-state index contributed by atoms with van der Waals surface area (Å²) < 4.78 is 30.2. The maximum absolute atomic E-state index is 13.3. The van der Waals surface area contributed by atoms with Crippen molar-refractivity contribution in [2.24, 2.45) is 0 Å². The summed E-state index contributed by atoms with van der Waals surface area (Å²) in [5, 5.41) is 3.04. The molecule has 6 heteroatoms. The van der Waals surface area contributed by atoms with Gasteiger partial charge in [0.1, 0.15) is 5.82 Å². The highest BCUT2D eigenvalue weighted by atomic mass is 32.2. The molecule has 4 nitrogen and oxygen atoms in total. The van der Waals surface area contributed by atoms with Crippen molar-refractivity contribution in [2.45, 2.75) is 24.0 Å². The average molecular weight is 389 g/mol. The Morgan fingerprint density at radius 1 is 1.19 bits per heavy atom. The Morgan fingerprint density at radius 2 is 1.89 bits per heavy atom. The topological polar surface area (TPSA) is 55.4 Å². The highest BCUT2D eigenvalue weighted by Gasteiger charge is 2.35. The molecule has 144 valence electrons. The highest BCUT2D eigenvalue weighted by molar-refractivity contribution is 7.83. The Labute approximate surface area is 161 Å². The normalized spacial score (nSPS) is 17.3. The monoisotopic (exact) mass is 389 g/mol. The largest absolute Gasteiger partial charge is 0.381 e. The first-order valence-corrected chi connectivity index (χ1v) is 10.7. The van der Waals surface area contributed by atoms with Crippen LogP contribution >= 0.6 is 0 Å². The van der Waals surface area contributed by atoms with Crippen LogP contribution < -0.4 is 5.32 Å². The van der Waals surface area contributed by atoms with E-state index < -0.39 is 10.8 Å². The molecular weight excluding hydrogens is 365 g/mol. The van der Waals surface area contributed by atoms with Gasteiger partial charge in [-0.3, -0.25) is 9.00 Å². The Bertz CT molecular complexity index is 816. The molecule has 0 radical (unpaired) electrons. The highest BCUT2D eigenvalue weighted by Crippen LogP contribution is 2.34. The molecule has 1 aliphatic rings. The summed E-state index contributed by atoms with van der Waals surface area (Å²) >= 11 is 0. The van der Waals surface area contributed by atoms with Crippen molar-refractivity contribution >= 4 is 16.7 Å². The van der Waals surface area contributed by atoms with E-state index in [0.717, 1.165) is 24.0 Å². The lowest BCUT2D eigenvalue weighted by Gasteiger charge is -2.38. The summed E-state index contributed by atoms with van der Waals surface area (Å²) in [5.74, 6) is -0.000309. The number of amides is 1. The van der Waals surface area contributed by atoms with Gasteiger partial charge in [0, 0.05) is 53.5 Å². The summed E-state index contributed by atoms with van der Waals surface area (Å²) in [6, 6.07) is 13.7. The molecule has 1 atom stereocenters. The van der Waals surface area contributed by atoms with E-state index in [4.69, 9.17) is 4.74 Å². The van der Waals surface area contributed by atoms with Crippen molar-refractivity contribution in [1.82, 2.24) is 5.32 Å². The molecule has 0 aromatic heterocycles. The van der Waals surface area contributed by atoms with Gasteiger partial charge in [0.25, 0.3) is 5.91 Å². The maximum Gasteiger partial charge on any atom is 0.251 e. The van der Waals surface area contributed by atoms with Crippen LogP contribution in [0.2, 0.25) is 0 Å². The fourth-order valence-electron chi connectivity index (χ4n) is 3.52. The first-order chi connectivity index (χ1) is 13.0. The Morgan fingerprint density at radius 3 is 2.56 bits per heavy atom. The summed E-state index contributed by atoms with van der Waals surface area (Å²) in [6.07, 6.45) is 3.19. The molecule has 1 aliphatic heterocycles. The minimum absolute atomic E-state index is 0.160. The Hall–Kier alpha value is -2.05. The number of hydrogen-bond donors (Lipinski definition) is 1. The van der Waals surface area contributed by atoms with Crippen molar-refractivity contribution < 1.29 is 18.1 Å². The van der Waals surface area contributed by atoms with Gasteiger partial charge in [-0.2, -0.15) is 0 Å². The van der Waals surface area contributed by atoms with Gasteiger partial charge in [-0.15, -0.1) is 0 Å². The Kier molecular flexibility index (Phi) is 6.39. The second kappa shape index (κ2) is 8.76. The van der Waals surface area contributed by atoms with Gasteiger partial charge in [-0.1, -0.05) is 24.3 Å². The summed E-state index contributed by atoms with van der Waals surface area (Å²) in [7, 11) is -0.956. The van der Waals surface area contributed by atoms with Crippen molar-refractivity contribution in [3.05, 3.63) is 71.0 Å². The molecule has 1 saturated heterocycles. The summed E-state index contributed by atoms with van der Waals surface area (Å²) in [5.41, 5.74) is 2.19. The third kappa shape index (κ3) is 5.02. The minimum atomic E-state index is -0.956. The van der Waals surface area contributed by atoms with Gasteiger partial charge in [0.15, 0.2) is 0 Å². The third-order valence-corrected chi connectivity index (χ3v) is 5.79. The Balaban J connectivity index is 1.74. The van der Waals surface area contributed by atoms with Gasteiger partial charge < -0.3 is 10.1 Å². The molecule has 2 aromatic carbocycles. The van der Waals surface area contributed by atoms with Crippen LogP contribution in [0, 0.1) is 5.82 Å². The lowest BCUT2D eigenvalue weighted by Crippen LogP contribution is -2.44. The molecule has 1 unspecified atom stereocenters. The molecule has 1 amide bonds. The zero-order valence-electron chi connectivity index (χ0n) is 15.4. The van der Waals surface area contributed by atoms with Gasteiger partial charge in [-0.05, 0) is 48.2 Å². The lowest BCUT2D eigenvalue weighted by atomic mass is 9.74. The van der Waals surface area contributed by atoms with Gasteiger partial charge in [-0.25, -0.2) is 4.39 Å². The molecule has 0 aliphatic carbocycles. The van der Waals surface area contributed by atoms with Crippen LogP contribution in [0.4, 0.5) is 4.39 Å². The molecule has 1 heterocycles. The number of rotatable bonds is 6. The molecular formula is C21H24FNO3S. The van der Waals surface area contributed by atoms with E-state index in [0.29, 0.717) is 31.1 Å². The molecule has 3 rings (SSSR count). The third-order valence-electron chi connectivity index (χ3n) is 5.05. The van der Waals surface area contributed by atoms with Crippen LogP contribution in [-0.4, -0.2) is 36.1 Å². The predicted molar refractivity (Wildman–Crippen MR) is 105 cm³/mol. The van der Waals surface area contributed by atoms with Gasteiger partial charge in [0.05, 0.1) is 0 Å². The summed E-state index contributed by atoms with van der Waals surface area (Å²) in [6.45, 7) is 1.70. The molecule has 0 bridgehead atoms. The van der Waals surface area contributed by atoms with E-state index in [2.05, 4.69) is 5.32 Å². The minimum Gasteiger partial charge on any atom is -0.381 e. The van der Waals surface area contributed by atoms with E-state index >= 15 is 0 Å². The fraction of sp³-hybridized carbons (Fsp3) is 0.381. The van der Waals surface area contributed by atoms with E-state index in [1.165, 1.54) is 12.1 Å². The first-order valence-electron chi connectivity index (χ1n) is 8.99. The van der Waals surface area contributed by atoms with Crippen LogP contribution in [0.25, 0.3) is 0 Å². The van der Waals surface area contributed by atoms with Crippen molar-refractivity contribution in [3.63, 3.8) is 0 Å². The predicted octanol–water partition coefficient (Wildman–Crippen LogP) is 3.18. The number of nitrogens with one attached hydrogen (secondary N) is 1. The number of halogens is 1. The van der Waals surface area contributed by atoms with Gasteiger partial charge in [0.2, 0.25) is 0 Å². The summed E-state index contributed by atoms with van der Waals surface area (Å²) in [4.78, 5) is 12.7. The second-order valence-corrected chi connectivity index (χ2v) is 8.44. The van der Waals surface area contributed by atoms with Crippen molar-refractivity contribution in [3.8, 4) is 0 Å². The molecule has 2 aromatic rings. The number of benzene rings is 2. The van der Waals surface area contributed by atoms with Crippen molar-refractivity contribution in [1.29, 1.82) is 0 Å². The molecule has 0 spiro atoms. The second-order valence-electron chi connectivity index (χ2n) is 7.00. The fourth-order valence-corrected chi connectivity index (χ4v) is 4.17. The molecule has 1 N–H and O–H groups in total. The number of carbonyl (C=O) groups is 1. The van der Waals surface area contributed by atoms with E-state index in [1.807, 2.05) is 6.07 Å². The smallest absolute Gasteiger partial charge is 0.251 e. The van der Waals surface area contributed by atoms with Crippen LogP contribution in [0.1, 0.15) is 34.3 Å².